The third-order valence-corrected chi connectivity index (χ3v) is 4.86. The van der Waals surface area contributed by atoms with Crippen molar-refractivity contribution in [3.63, 3.8) is 0 Å². The molecule has 0 amide bonds. The zero-order valence-corrected chi connectivity index (χ0v) is 16.8. The van der Waals surface area contributed by atoms with Gasteiger partial charge >= 0.3 is 11.9 Å². The van der Waals surface area contributed by atoms with E-state index in [1.807, 2.05) is 42.5 Å². The Morgan fingerprint density at radius 1 is 0.690 bits per heavy atom. The minimum absolute atomic E-state index is 0.207. The Labute approximate surface area is 172 Å². The number of hydrogen-bond acceptors (Lipinski definition) is 3. The smallest absolute Gasteiger partial charge is 0.303 e. The van der Waals surface area contributed by atoms with Crippen molar-refractivity contribution in [2.24, 2.45) is 0 Å². The molecule has 0 radical (unpaired) electrons. The summed E-state index contributed by atoms with van der Waals surface area (Å²) in [4.78, 5) is 21.4. The maximum atomic E-state index is 10.7. The van der Waals surface area contributed by atoms with Crippen molar-refractivity contribution in [1.82, 2.24) is 0 Å². The Balaban J connectivity index is 2.03. The molecule has 2 aromatic rings. The van der Waals surface area contributed by atoms with Gasteiger partial charge in [-0.1, -0.05) is 43.2 Å². The average molecular weight is 398 g/mol. The first kappa shape index (κ1) is 22.5. The molecule has 0 heterocycles. The van der Waals surface area contributed by atoms with E-state index in [0.29, 0.717) is 12.8 Å². The lowest BCUT2D eigenvalue weighted by Crippen LogP contribution is -2.00. The van der Waals surface area contributed by atoms with Crippen LogP contribution in [0.3, 0.4) is 0 Å². The Kier molecular flexibility index (Phi) is 9.76. The summed E-state index contributed by atoms with van der Waals surface area (Å²) < 4.78 is 6.13. The van der Waals surface area contributed by atoms with Gasteiger partial charge < -0.3 is 14.9 Å². The molecule has 0 spiro atoms. The number of rotatable bonds is 14. The highest BCUT2D eigenvalue weighted by atomic mass is 16.5. The summed E-state index contributed by atoms with van der Waals surface area (Å²) >= 11 is 0. The van der Waals surface area contributed by atoms with Crippen LogP contribution in [0.25, 0.3) is 0 Å². The van der Waals surface area contributed by atoms with E-state index in [0.717, 1.165) is 50.0 Å². The van der Waals surface area contributed by atoms with Gasteiger partial charge in [0, 0.05) is 12.8 Å². The lowest BCUT2D eigenvalue weighted by molar-refractivity contribution is -0.138. The number of aryl methyl sites for hydroxylation is 1. The number of carboxylic acid groups (broad SMARTS) is 2. The summed E-state index contributed by atoms with van der Waals surface area (Å²) in [6, 6.07) is 15.8. The van der Waals surface area contributed by atoms with E-state index in [9.17, 15) is 9.59 Å². The van der Waals surface area contributed by atoms with Crippen LogP contribution in [0, 0.1) is 0 Å². The fraction of sp³-hybridized carbons (Fsp3) is 0.417. The average Bonchev–Trinajstić information content (AvgIpc) is 2.69. The van der Waals surface area contributed by atoms with Crippen LogP contribution >= 0.6 is 0 Å². The number of carbonyl (C=O) groups is 2. The van der Waals surface area contributed by atoms with Gasteiger partial charge in [0.2, 0.25) is 0 Å². The maximum Gasteiger partial charge on any atom is 0.303 e. The first-order chi connectivity index (χ1) is 14.1. The normalized spacial score (nSPS) is 10.6. The van der Waals surface area contributed by atoms with Crippen molar-refractivity contribution in [2.75, 3.05) is 0 Å². The first-order valence-corrected chi connectivity index (χ1v) is 10.3. The van der Waals surface area contributed by atoms with Crippen molar-refractivity contribution in [2.45, 2.75) is 64.2 Å². The maximum absolute atomic E-state index is 10.7. The molecule has 0 saturated carbocycles. The largest absolute Gasteiger partial charge is 0.481 e. The predicted molar refractivity (Wildman–Crippen MR) is 113 cm³/mol. The molecular formula is C24H30O5. The molecule has 0 aromatic heterocycles. The number of para-hydroxylation sites is 1. The quantitative estimate of drug-likeness (QED) is 0.390. The second kappa shape index (κ2) is 12.6. The fourth-order valence-electron chi connectivity index (χ4n) is 3.36. The van der Waals surface area contributed by atoms with Crippen LogP contribution in [0.1, 0.15) is 62.5 Å². The molecule has 5 nitrogen and oxygen atoms in total. The zero-order valence-electron chi connectivity index (χ0n) is 16.8. The lowest BCUT2D eigenvalue weighted by atomic mass is 9.95. The van der Waals surface area contributed by atoms with Crippen molar-refractivity contribution in [3.8, 4) is 11.5 Å². The van der Waals surface area contributed by atoms with Crippen LogP contribution < -0.4 is 4.74 Å². The third-order valence-electron chi connectivity index (χ3n) is 4.86. The van der Waals surface area contributed by atoms with Crippen molar-refractivity contribution in [3.05, 3.63) is 59.7 Å². The summed E-state index contributed by atoms with van der Waals surface area (Å²) in [5.74, 6) is 0.140. The molecule has 29 heavy (non-hydrogen) atoms. The van der Waals surface area contributed by atoms with Gasteiger partial charge in [0.05, 0.1) is 0 Å². The number of carboxylic acids is 2. The number of unbranched alkanes of at least 4 members (excludes halogenated alkanes) is 4. The molecule has 2 N–H and O–H groups in total. The number of benzene rings is 2. The molecule has 0 bridgehead atoms. The van der Waals surface area contributed by atoms with Crippen LogP contribution in [-0.4, -0.2) is 22.2 Å². The summed E-state index contributed by atoms with van der Waals surface area (Å²) in [5.41, 5.74) is 2.40. The Hall–Kier alpha value is -2.82. The molecule has 0 aliphatic rings. The monoisotopic (exact) mass is 398 g/mol. The Morgan fingerprint density at radius 3 is 1.93 bits per heavy atom. The molecule has 0 aliphatic carbocycles. The lowest BCUT2D eigenvalue weighted by Gasteiger charge is -2.16. The first-order valence-electron chi connectivity index (χ1n) is 10.3. The molecule has 0 atom stereocenters. The van der Waals surface area contributed by atoms with Gasteiger partial charge in [0.15, 0.2) is 0 Å². The van der Waals surface area contributed by atoms with Gasteiger partial charge in [-0.05, 0) is 67.9 Å². The number of hydrogen-bond donors (Lipinski definition) is 2. The van der Waals surface area contributed by atoms with Gasteiger partial charge in [0.25, 0.3) is 0 Å². The topological polar surface area (TPSA) is 83.8 Å². The highest BCUT2D eigenvalue weighted by Crippen LogP contribution is 2.30. The van der Waals surface area contributed by atoms with Crippen LogP contribution in [0.5, 0.6) is 11.5 Å². The van der Waals surface area contributed by atoms with E-state index in [-0.39, 0.29) is 12.8 Å². The van der Waals surface area contributed by atoms with E-state index in [1.165, 1.54) is 11.1 Å². The molecule has 0 fully saturated rings. The summed E-state index contributed by atoms with van der Waals surface area (Å²) in [7, 11) is 0. The Bertz CT molecular complexity index is 770. The van der Waals surface area contributed by atoms with Crippen LogP contribution in [0.4, 0.5) is 0 Å². The van der Waals surface area contributed by atoms with Gasteiger partial charge in [-0.15, -0.1) is 0 Å². The van der Waals surface area contributed by atoms with Gasteiger partial charge in [-0.3, -0.25) is 9.59 Å². The summed E-state index contributed by atoms with van der Waals surface area (Å²) in [6.45, 7) is 0. The minimum atomic E-state index is -0.750. The van der Waals surface area contributed by atoms with Crippen LogP contribution in [0.15, 0.2) is 48.5 Å². The van der Waals surface area contributed by atoms with Crippen molar-refractivity contribution < 1.29 is 24.5 Å². The van der Waals surface area contributed by atoms with Crippen molar-refractivity contribution in [1.29, 1.82) is 0 Å². The second-order valence-electron chi connectivity index (χ2n) is 7.22. The van der Waals surface area contributed by atoms with E-state index in [1.54, 1.807) is 0 Å². The zero-order chi connectivity index (χ0) is 20.9. The minimum Gasteiger partial charge on any atom is -0.481 e. The number of ether oxygens (including phenoxy) is 1. The molecule has 0 saturated heterocycles. The standard InChI is InChI=1S/C24H30O5/c25-23(26)17-8-1-4-11-19-12-10-16-22(29-20-13-5-2-6-14-20)21(19)15-7-3-9-18-24(27)28/h2,5-6,10,12-14,16H,1,3-4,7-9,11,15,17-18H2,(H,25,26)(H,27,28). The SMILES string of the molecule is O=C(O)CCCCCc1cccc(Oc2ccccc2)c1CCCCCC(=O)O. The molecule has 156 valence electrons. The van der Waals surface area contributed by atoms with Crippen LogP contribution in [-0.2, 0) is 22.4 Å². The van der Waals surface area contributed by atoms with Gasteiger partial charge in [0.1, 0.15) is 11.5 Å². The van der Waals surface area contributed by atoms with Gasteiger partial charge in [-0.25, -0.2) is 0 Å². The predicted octanol–water partition coefficient (Wildman–Crippen LogP) is 5.85. The highest BCUT2D eigenvalue weighted by Gasteiger charge is 2.11. The van der Waals surface area contributed by atoms with E-state index in [2.05, 4.69) is 6.07 Å². The molecule has 0 aliphatic heterocycles. The molecule has 2 rings (SSSR count). The van der Waals surface area contributed by atoms with Crippen LogP contribution in [0.2, 0.25) is 0 Å². The third kappa shape index (κ3) is 8.81. The molecule has 0 unspecified atom stereocenters. The molecule has 5 heteroatoms. The van der Waals surface area contributed by atoms with E-state index in [4.69, 9.17) is 14.9 Å². The number of aliphatic carboxylic acids is 2. The highest BCUT2D eigenvalue weighted by molar-refractivity contribution is 5.66. The van der Waals surface area contributed by atoms with E-state index >= 15 is 0 Å². The summed E-state index contributed by atoms with van der Waals surface area (Å²) in [5, 5.41) is 17.6. The fourth-order valence-corrected chi connectivity index (χ4v) is 3.36. The second-order valence-corrected chi connectivity index (χ2v) is 7.22. The van der Waals surface area contributed by atoms with Crippen molar-refractivity contribution >= 4 is 11.9 Å². The van der Waals surface area contributed by atoms with Gasteiger partial charge in [-0.2, -0.15) is 0 Å². The Morgan fingerprint density at radius 2 is 1.31 bits per heavy atom. The van der Waals surface area contributed by atoms with E-state index < -0.39 is 11.9 Å². The summed E-state index contributed by atoms with van der Waals surface area (Å²) in [6.07, 6.45) is 7.12. The molecular weight excluding hydrogens is 368 g/mol. The molecule has 2 aromatic carbocycles.